The largest absolute Gasteiger partial charge is 0.357 e. The highest BCUT2D eigenvalue weighted by Gasteiger charge is 2.20. The fraction of sp³-hybridized carbons (Fsp3) is 0.688. The van der Waals surface area contributed by atoms with Gasteiger partial charge in [-0.25, -0.2) is 9.97 Å². The van der Waals surface area contributed by atoms with Crippen LogP contribution >= 0.6 is 24.0 Å². The van der Waals surface area contributed by atoms with E-state index in [4.69, 9.17) is 4.99 Å². The maximum atomic E-state index is 4.75. The standard InChI is InChI=1S/C16H28N6.HI/c1-3-5-6-8-18-15(17-4-2)21-11-13-22(14-12-21)16-19-9-7-10-20-16;/h7,9-10H,3-6,8,11-14H2,1-2H3,(H,17,18);1H. The molecule has 0 bridgehead atoms. The van der Waals surface area contributed by atoms with Crippen LogP contribution < -0.4 is 10.2 Å². The second-order valence-corrected chi connectivity index (χ2v) is 5.47. The molecule has 2 heterocycles. The Kier molecular flexibility index (Phi) is 9.89. The van der Waals surface area contributed by atoms with Crippen LogP contribution in [-0.4, -0.2) is 60.1 Å². The van der Waals surface area contributed by atoms with E-state index in [1.807, 2.05) is 6.07 Å². The molecule has 0 aliphatic carbocycles. The number of anilines is 1. The molecular formula is C16H29IN6. The fourth-order valence-corrected chi connectivity index (χ4v) is 2.55. The molecule has 2 rings (SSSR count). The summed E-state index contributed by atoms with van der Waals surface area (Å²) in [6.45, 7) is 9.95. The number of aromatic nitrogens is 2. The summed E-state index contributed by atoms with van der Waals surface area (Å²) in [5.74, 6) is 1.87. The van der Waals surface area contributed by atoms with Crippen LogP contribution in [0.5, 0.6) is 0 Å². The summed E-state index contributed by atoms with van der Waals surface area (Å²) in [5, 5.41) is 3.41. The highest BCUT2D eigenvalue weighted by atomic mass is 127. The number of halogens is 1. The Morgan fingerprint density at radius 1 is 1.13 bits per heavy atom. The molecule has 1 aromatic heterocycles. The second kappa shape index (κ2) is 11.4. The molecule has 0 unspecified atom stereocenters. The van der Waals surface area contributed by atoms with Gasteiger partial charge in [0.1, 0.15) is 0 Å². The summed E-state index contributed by atoms with van der Waals surface area (Å²) in [7, 11) is 0. The van der Waals surface area contributed by atoms with E-state index in [1.165, 1.54) is 19.3 Å². The Bertz CT molecular complexity index is 445. The molecule has 0 aromatic carbocycles. The van der Waals surface area contributed by atoms with Crippen molar-refractivity contribution in [1.29, 1.82) is 0 Å². The summed E-state index contributed by atoms with van der Waals surface area (Å²) in [5.41, 5.74) is 0. The molecule has 0 atom stereocenters. The van der Waals surface area contributed by atoms with Crippen LogP contribution in [0, 0.1) is 0 Å². The van der Waals surface area contributed by atoms with Crippen molar-refractivity contribution >= 4 is 35.9 Å². The molecule has 0 amide bonds. The van der Waals surface area contributed by atoms with E-state index < -0.39 is 0 Å². The molecule has 23 heavy (non-hydrogen) atoms. The lowest BCUT2D eigenvalue weighted by atomic mass is 10.2. The zero-order valence-electron chi connectivity index (χ0n) is 14.2. The zero-order valence-corrected chi connectivity index (χ0v) is 16.6. The molecule has 1 aromatic rings. The van der Waals surface area contributed by atoms with Crippen molar-refractivity contribution in [3.63, 3.8) is 0 Å². The smallest absolute Gasteiger partial charge is 0.225 e. The van der Waals surface area contributed by atoms with E-state index in [1.54, 1.807) is 12.4 Å². The number of piperazine rings is 1. The van der Waals surface area contributed by atoms with Crippen molar-refractivity contribution < 1.29 is 0 Å². The lowest BCUT2D eigenvalue weighted by Gasteiger charge is -2.36. The third kappa shape index (κ3) is 6.48. The topological polar surface area (TPSA) is 56.7 Å². The lowest BCUT2D eigenvalue weighted by Crippen LogP contribution is -2.53. The molecule has 6 nitrogen and oxygen atoms in total. The Morgan fingerprint density at radius 3 is 2.43 bits per heavy atom. The van der Waals surface area contributed by atoms with E-state index in [9.17, 15) is 0 Å². The van der Waals surface area contributed by atoms with Crippen molar-refractivity contribution in [3.05, 3.63) is 18.5 Å². The highest BCUT2D eigenvalue weighted by molar-refractivity contribution is 14.0. The van der Waals surface area contributed by atoms with Gasteiger partial charge in [-0.15, -0.1) is 24.0 Å². The van der Waals surface area contributed by atoms with E-state index in [2.05, 4.69) is 38.9 Å². The molecule has 1 saturated heterocycles. The second-order valence-electron chi connectivity index (χ2n) is 5.47. The molecule has 1 fully saturated rings. The summed E-state index contributed by atoms with van der Waals surface area (Å²) >= 11 is 0. The van der Waals surface area contributed by atoms with Crippen molar-refractivity contribution in [2.24, 2.45) is 4.99 Å². The number of rotatable bonds is 6. The van der Waals surface area contributed by atoms with Gasteiger partial charge in [-0.05, 0) is 19.4 Å². The summed E-state index contributed by atoms with van der Waals surface area (Å²) < 4.78 is 0. The van der Waals surface area contributed by atoms with E-state index in [0.29, 0.717) is 0 Å². The number of unbranched alkanes of at least 4 members (excludes halogenated alkanes) is 2. The van der Waals surface area contributed by atoms with Gasteiger partial charge >= 0.3 is 0 Å². The highest BCUT2D eigenvalue weighted by Crippen LogP contribution is 2.09. The van der Waals surface area contributed by atoms with Crippen molar-refractivity contribution in [2.45, 2.75) is 33.1 Å². The van der Waals surface area contributed by atoms with Crippen molar-refractivity contribution in [2.75, 3.05) is 44.2 Å². The minimum atomic E-state index is 0. The summed E-state index contributed by atoms with van der Waals surface area (Å²) in [4.78, 5) is 18.0. The van der Waals surface area contributed by atoms with Gasteiger partial charge in [0.15, 0.2) is 5.96 Å². The fourth-order valence-electron chi connectivity index (χ4n) is 2.55. The Balaban J connectivity index is 0.00000264. The Morgan fingerprint density at radius 2 is 1.83 bits per heavy atom. The normalized spacial score (nSPS) is 15.3. The lowest BCUT2D eigenvalue weighted by molar-refractivity contribution is 0.370. The average Bonchev–Trinajstić information content (AvgIpc) is 2.59. The maximum absolute atomic E-state index is 4.75. The summed E-state index contributed by atoms with van der Waals surface area (Å²) in [6, 6.07) is 1.85. The minimum absolute atomic E-state index is 0. The van der Waals surface area contributed by atoms with Crippen LogP contribution in [0.15, 0.2) is 23.5 Å². The average molecular weight is 432 g/mol. The van der Waals surface area contributed by atoms with Gasteiger partial charge in [0.2, 0.25) is 5.95 Å². The number of guanidine groups is 1. The first-order valence-corrected chi connectivity index (χ1v) is 8.40. The summed E-state index contributed by atoms with van der Waals surface area (Å²) in [6.07, 6.45) is 7.26. The van der Waals surface area contributed by atoms with E-state index >= 15 is 0 Å². The first-order chi connectivity index (χ1) is 10.8. The Labute approximate surface area is 156 Å². The molecule has 0 saturated carbocycles. The molecule has 1 N–H and O–H groups in total. The zero-order chi connectivity index (χ0) is 15.6. The molecular weight excluding hydrogens is 403 g/mol. The van der Waals surface area contributed by atoms with Gasteiger partial charge in [0.05, 0.1) is 0 Å². The molecule has 1 aliphatic rings. The number of hydrogen-bond acceptors (Lipinski definition) is 4. The van der Waals surface area contributed by atoms with Crippen molar-refractivity contribution in [3.8, 4) is 0 Å². The molecule has 0 spiro atoms. The predicted octanol–water partition coefficient (Wildman–Crippen LogP) is 2.37. The minimum Gasteiger partial charge on any atom is -0.357 e. The van der Waals surface area contributed by atoms with E-state index in [0.717, 1.165) is 51.2 Å². The van der Waals surface area contributed by atoms with Crippen LogP contribution in [0.25, 0.3) is 0 Å². The quantitative estimate of drug-likeness (QED) is 0.324. The van der Waals surface area contributed by atoms with Crippen LogP contribution in [-0.2, 0) is 0 Å². The number of aliphatic imine (C=N–C) groups is 1. The SMILES string of the molecule is CCCCCN=C(NCC)N1CCN(c2ncccn2)CC1.I. The van der Waals surface area contributed by atoms with Crippen LogP contribution in [0.2, 0.25) is 0 Å². The van der Waals surface area contributed by atoms with Gasteiger partial charge in [-0.2, -0.15) is 0 Å². The third-order valence-corrected chi connectivity index (χ3v) is 3.77. The molecule has 0 radical (unpaired) electrons. The van der Waals surface area contributed by atoms with Crippen LogP contribution in [0.4, 0.5) is 5.95 Å². The number of nitrogens with zero attached hydrogens (tertiary/aromatic N) is 5. The first kappa shape index (κ1) is 19.9. The van der Waals surface area contributed by atoms with Gasteiger partial charge in [0, 0.05) is 51.7 Å². The van der Waals surface area contributed by atoms with Gasteiger partial charge < -0.3 is 15.1 Å². The van der Waals surface area contributed by atoms with E-state index in [-0.39, 0.29) is 24.0 Å². The maximum Gasteiger partial charge on any atom is 0.225 e. The molecule has 7 heteroatoms. The van der Waals surface area contributed by atoms with Crippen LogP contribution in [0.1, 0.15) is 33.1 Å². The first-order valence-electron chi connectivity index (χ1n) is 8.40. The number of hydrogen-bond donors (Lipinski definition) is 1. The number of nitrogens with one attached hydrogen (secondary N) is 1. The van der Waals surface area contributed by atoms with Gasteiger partial charge in [-0.3, -0.25) is 4.99 Å². The molecule has 1 aliphatic heterocycles. The third-order valence-electron chi connectivity index (χ3n) is 3.77. The molecule has 130 valence electrons. The Hall–Kier alpha value is -1.12. The van der Waals surface area contributed by atoms with Gasteiger partial charge in [-0.1, -0.05) is 19.8 Å². The van der Waals surface area contributed by atoms with Crippen molar-refractivity contribution in [1.82, 2.24) is 20.2 Å². The van der Waals surface area contributed by atoms with Crippen LogP contribution in [0.3, 0.4) is 0 Å². The monoisotopic (exact) mass is 432 g/mol. The van der Waals surface area contributed by atoms with Gasteiger partial charge in [0.25, 0.3) is 0 Å². The predicted molar refractivity (Wildman–Crippen MR) is 107 cm³/mol.